The molecular weight excluding hydrogens is 458 g/mol. The van der Waals surface area contributed by atoms with Gasteiger partial charge >= 0.3 is 0 Å². The molecule has 2 aromatic heterocycles. The van der Waals surface area contributed by atoms with Crippen LogP contribution in [-0.4, -0.2) is 63.0 Å². The van der Waals surface area contributed by atoms with Gasteiger partial charge in [-0.15, -0.1) is 5.10 Å². The van der Waals surface area contributed by atoms with Crippen LogP contribution in [0.2, 0.25) is 0 Å². The fourth-order valence-electron chi connectivity index (χ4n) is 3.16. The average Bonchev–Trinajstić information content (AvgIpc) is 3.52. The van der Waals surface area contributed by atoms with Crippen LogP contribution in [0.3, 0.4) is 0 Å². The lowest BCUT2D eigenvalue weighted by Gasteiger charge is -2.11. The van der Waals surface area contributed by atoms with E-state index < -0.39 is 0 Å². The van der Waals surface area contributed by atoms with Gasteiger partial charge in [-0.25, -0.2) is 4.68 Å². The number of nitrogens with one attached hydrogen (secondary N) is 1. The van der Waals surface area contributed by atoms with E-state index in [1.807, 2.05) is 24.3 Å². The third kappa shape index (κ3) is 5.29. The zero-order valence-corrected chi connectivity index (χ0v) is 19.7. The molecule has 0 aliphatic heterocycles. The molecule has 176 valence electrons. The highest BCUT2D eigenvalue weighted by Gasteiger charge is 2.17. The van der Waals surface area contributed by atoms with Gasteiger partial charge in [0, 0.05) is 12.1 Å². The van der Waals surface area contributed by atoms with Gasteiger partial charge in [0.25, 0.3) is 0 Å². The standard InChI is InChI=1S/C22H23N7O4S/c1-31-16-6-4-15(5-7-16)13-28-20(10-11-23-28)24-21(30)14-34-22-25-26-27-29(22)18-12-17(32-2)8-9-19(18)33-3/h4-12H,13-14H2,1-3H3,(H,24,30). The molecule has 1 amide bonds. The van der Waals surface area contributed by atoms with Crippen molar-refractivity contribution in [1.29, 1.82) is 0 Å². The van der Waals surface area contributed by atoms with Crippen LogP contribution < -0.4 is 19.5 Å². The first-order valence-electron chi connectivity index (χ1n) is 10.2. The zero-order chi connectivity index (χ0) is 23.9. The number of benzene rings is 2. The number of thioether (sulfide) groups is 1. The Balaban J connectivity index is 1.41. The number of carbonyl (C=O) groups excluding carboxylic acids is 1. The van der Waals surface area contributed by atoms with Gasteiger partial charge in [-0.3, -0.25) is 4.79 Å². The summed E-state index contributed by atoms with van der Waals surface area (Å²) in [6, 6.07) is 14.7. The summed E-state index contributed by atoms with van der Waals surface area (Å²) in [6.07, 6.45) is 1.64. The maximum Gasteiger partial charge on any atom is 0.235 e. The Bertz CT molecular complexity index is 1260. The van der Waals surface area contributed by atoms with E-state index in [9.17, 15) is 4.79 Å². The molecule has 2 aromatic carbocycles. The minimum atomic E-state index is -0.214. The van der Waals surface area contributed by atoms with Crippen molar-refractivity contribution in [2.24, 2.45) is 0 Å². The summed E-state index contributed by atoms with van der Waals surface area (Å²) in [4.78, 5) is 12.7. The topological polar surface area (TPSA) is 118 Å². The number of tetrazole rings is 1. The number of carbonyl (C=O) groups is 1. The van der Waals surface area contributed by atoms with Gasteiger partial charge in [0.2, 0.25) is 11.1 Å². The van der Waals surface area contributed by atoms with Gasteiger partial charge in [0.15, 0.2) is 0 Å². The Labute approximate surface area is 200 Å². The lowest BCUT2D eigenvalue weighted by atomic mass is 10.2. The average molecular weight is 482 g/mol. The van der Waals surface area contributed by atoms with Crippen LogP contribution in [0.5, 0.6) is 17.2 Å². The molecule has 0 aliphatic rings. The van der Waals surface area contributed by atoms with Crippen molar-refractivity contribution in [2.45, 2.75) is 11.7 Å². The Morgan fingerprint density at radius 1 is 1.00 bits per heavy atom. The lowest BCUT2D eigenvalue weighted by molar-refractivity contribution is -0.113. The molecular formula is C22H23N7O4S. The Morgan fingerprint density at radius 3 is 2.50 bits per heavy atom. The number of amides is 1. The molecule has 0 atom stereocenters. The largest absolute Gasteiger partial charge is 0.497 e. The molecule has 1 N–H and O–H groups in total. The summed E-state index contributed by atoms with van der Waals surface area (Å²) in [6.45, 7) is 0.508. The predicted molar refractivity (Wildman–Crippen MR) is 126 cm³/mol. The summed E-state index contributed by atoms with van der Waals surface area (Å²) in [7, 11) is 4.76. The molecule has 4 rings (SSSR count). The highest BCUT2D eigenvalue weighted by molar-refractivity contribution is 7.99. The number of methoxy groups -OCH3 is 3. The van der Waals surface area contributed by atoms with E-state index in [4.69, 9.17) is 14.2 Å². The van der Waals surface area contributed by atoms with E-state index >= 15 is 0 Å². The summed E-state index contributed by atoms with van der Waals surface area (Å²) in [5.41, 5.74) is 1.63. The van der Waals surface area contributed by atoms with E-state index in [1.54, 1.807) is 56.5 Å². The summed E-state index contributed by atoms with van der Waals surface area (Å²) in [5, 5.41) is 19.5. The second kappa shape index (κ2) is 10.7. The molecule has 0 radical (unpaired) electrons. The number of rotatable bonds is 10. The SMILES string of the molecule is COc1ccc(Cn2nccc2NC(=O)CSc2nnnn2-c2cc(OC)ccc2OC)cc1. The van der Waals surface area contributed by atoms with Crippen molar-refractivity contribution in [3.05, 3.63) is 60.3 Å². The maximum absolute atomic E-state index is 12.7. The molecule has 2 heterocycles. The van der Waals surface area contributed by atoms with Crippen LogP contribution in [0.25, 0.3) is 5.69 Å². The van der Waals surface area contributed by atoms with Crippen LogP contribution in [0.4, 0.5) is 5.82 Å². The quantitative estimate of drug-likeness (QED) is 0.341. The van der Waals surface area contributed by atoms with Crippen LogP contribution in [0, 0.1) is 0 Å². The Kier molecular flexibility index (Phi) is 7.28. The fraction of sp³-hybridized carbons (Fsp3) is 0.227. The number of anilines is 1. The van der Waals surface area contributed by atoms with Gasteiger partial charge < -0.3 is 19.5 Å². The molecule has 0 unspecified atom stereocenters. The van der Waals surface area contributed by atoms with Crippen molar-refractivity contribution in [3.63, 3.8) is 0 Å². The van der Waals surface area contributed by atoms with Crippen molar-refractivity contribution >= 4 is 23.5 Å². The number of aromatic nitrogens is 6. The first kappa shape index (κ1) is 23.1. The first-order chi connectivity index (χ1) is 16.6. The Morgan fingerprint density at radius 2 is 1.76 bits per heavy atom. The zero-order valence-electron chi connectivity index (χ0n) is 18.8. The molecule has 34 heavy (non-hydrogen) atoms. The minimum Gasteiger partial charge on any atom is -0.497 e. The van der Waals surface area contributed by atoms with Gasteiger partial charge in [-0.1, -0.05) is 23.9 Å². The maximum atomic E-state index is 12.7. The van der Waals surface area contributed by atoms with Crippen molar-refractivity contribution in [3.8, 4) is 22.9 Å². The second-order valence-corrected chi connectivity index (χ2v) is 7.91. The van der Waals surface area contributed by atoms with Crippen molar-refractivity contribution in [2.75, 3.05) is 32.4 Å². The fourth-order valence-corrected chi connectivity index (χ4v) is 3.84. The van der Waals surface area contributed by atoms with Gasteiger partial charge in [0.1, 0.15) is 28.8 Å². The van der Waals surface area contributed by atoms with Gasteiger partial charge in [-0.2, -0.15) is 9.78 Å². The predicted octanol–water partition coefficient (Wildman–Crippen LogP) is 2.66. The van der Waals surface area contributed by atoms with Gasteiger partial charge in [0.05, 0.1) is 39.8 Å². The number of hydrogen-bond donors (Lipinski definition) is 1. The smallest absolute Gasteiger partial charge is 0.235 e. The molecule has 0 fully saturated rings. The first-order valence-corrected chi connectivity index (χ1v) is 11.2. The number of ether oxygens (including phenoxy) is 3. The summed E-state index contributed by atoms with van der Waals surface area (Å²) < 4.78 is 19.1. The van der Waals surface area contributed by atoms with E-state index in [1.165, 1.54) is 16.4 Å². The van der Waals surface area contributed by atoms with E-state index in [-0.39, 0.29) is 11.7 Å². The summed E-state index contributed by atoms with van der Waals surface area (Å²) >= 11 is 1.20. The third-order valence-corrected chi connectivity index (χ3v) is 5.78. The van der Waals surface area contributed by atoms with Crippen LogP contribution in [0.15, 0.2) is 59.9 Å². The Hall–Kier alpha value is -4.06. The van der Waals surface area contributed by atoms with Gasteiger partial charge in [-0.05, 0) is 40.3 Å². The lowest BCUT2D eigenvalue weighted by Crippen LogP contribution is -2.18. The van der Waals surface area contributed by atoms with E-state index in [2.05, 4.69) is 25.9 Å². The van der Waals surface area contributed by atoms with E-state index in [0.717, 1.165) is 11.3 Å². The molecule has 12 heteroatoms. The van der Waals surface area contributed by atoms with Crippen LogP contribution in [-0.2, 0) is 11.3 Å². The number of nitrogens with zero attached hydrogens (tertiary/aromatic N) is 6. The highest BCUT2D eigenvalue weighted by Crippen LogP contribution is 2.29. The molecule has 0 spiro atoms. The van der Waals surface area contributed by atoms with Crippen molar-refractivity contribution < 1.29 is 19.0 Å². The summed E-state index contributed by atoms with van der Waals surface area (Å²) in [5.74, 6) is 2.46. The molecule has 11 nitrogen and oxygen atoms in total. The molecule has 0 bridgehead atoms. The normalized spacial score (nSPS) is 10.7. The molecule has 0 saturated carbocycles. The van der Waals surface area contributed by atoms with E-state index in [0.29, 0.717) is 34.7 Å². The monoisotopic (exact) mass is 481 g/mol. The highest BCUT2D eigenvalue weighted by atomic mass is 32.2. The molecule has 0 saturated heterocycles. The van der Waals surface area contributed by atoms with Crippen molar-refractivity contribution in [1.82, 2.24) is 30.0 Å². The van der Waals surface area contributed by atoms with Crippen LogP contribution in [0.1, 0.15) is 5.56 Å². The molecule has 0 aliphatic carbocycles. The van der Waals surface area contributed by atoms with Crippen LogP contribution >= 0.6 is 11.8 Å². The number of hydrogen-bond acceptors (Lipinski definition) is 9. The second-order valence-electron chi connectivity index (χ2n) is 6.97. The third-order valence-electron chi connectivity index (χ3n) is 4.86. The molecule has 4 aromatic rings. The minimum absolute atomic E-state index is 0.0976.